The average molecular weight is 283 g/mol. The number of nitrogens with zero attached hydrogens (tertiary/aromatic N) is 1. The summed E-state index contributed by atoms with van der Waals surface area (Å²) in [6.45, 7) is 4.56. The standard InChI is InChI=1S/C14H21NO3S/c1-13(2)4-6-14(18-3,7-5-13)12-15-10(9-19-12)8-11(16)17/h9H,4-8H2,1-3H3,(H,16,17). The van der Waals surface area contributed by atoms with E-state index >= 15 is 0 Å². The first kappa shape index (κ1) is 14.5. The number of hydrogen-bond donors (Lipinski definition) is 1. The van der Waals surface area contributed by atoms with Crippen molar-refractivity contribution >= 4 is 17.3 Å². The third-order valence-corrected chi connectivity index (χ3v) is 5.15. The molecule has 1 fully saturated rings. The highest BCUT2D eigenvalue weighted by Crippen LogP contribution is 2.47. The van der Waals surface area contributed by atoms with Crippen molar-refractivity contribution in [1.29, 1.82) is 0 Å². The topological polar surface area (TPSA) is 59.4 Å². The van der Waals surface area contributed by atoms with Crippen LogP contribution in [0.2, 0.25) is 0 Å². The molecule has 106 valence electrons. The minimum Gasteiger partial charge on any atom is -0.481 e. The summed E-state index contributed by atoms with van der Waals surface area (Å²) in [4.78, 5) is 15.2. The molecule has 0 aromatic carbocycles. The van der Waals surface area contributed by atoms with E-state index in [2.05, 4.69) is 18.8 Å². The monoisotopic (exact) mass is 283 g/mol. The van der Waals surface area contributed by atoms with Gasteiger partial charge in [0.15, 0.2) is 0 Å². The number of thiazole rings is 1. The molecule has 2 rings (SSSR count). The van der Waals surface area contributed by atoms with Crippen molar-refractivity contribution in [3.63, 3.8) is 0 Å². The van der Waals surface area contributed by atoms with Crippen LogP contribution in [0.5, 0.6) is 0 Å². The van der Waals surface area contributed by atoms with Gasteiger partial charge in [0.25, 0.3) is 0 Å². The molecule has 1 heterocycles. The highest BCUT2D eigenvalue weighted by molar-refractivity contribution is 7.09. The van der Waals surface area contributed by atoms with Gasteiger partial charge in [0.2, 0.25) is 0 Å². The first-order valence-corrected chi connectivity index (χ1v) is 7.47. The molecule has 5 heteroatoms. The Morgan fingerprint density at radius 1 is 1.42 bits per heavy atom. The molecular formula is C14H21NO3S. The van der Waals surface area contributed by atoms with Crippen molar-refractivity contribution in [2.45, 2.75) is 51.6 Å². The molecule has 19 heavy (non-hydrogen) atoms. The summed E-state index contributed by atoms with van der Waals surface area (Å²) in [5, 5.41) is 11.6. The van der Waals surface area contributed by atoms with Crippen molar-refractivity contribution in [3.05, 3.63) is 16.1 Å². The SMILES string of the molecule is COC1(c2nc(CC(=O)O)cs2)CCC(C)(C)CC1. The lowest BCUT2D eigenvalue weighted by Crippen LogP contribution is -2.36. The van der Waals surface area contributed by atoms with Gasteiger partial charge in [-0.1, -0.05) is 13.8 Å². The zero-order chi connectivity index (χ0) is 14.1. The Labute approximate surface area is 117 Å². The lowest BCUT2D eigenvalue weighted by Gasteiger charge is -2.41. The number of rotatable bonds is 4. The molecule has 0 aliphatic heterocycles. The maximum atomic E-state index is 10.7. The summed E-state index contributed by atoms with van der Waals surface area (Å²) in [6.07, 6.45) is 4.11. The van der Waals surface area contributed by atoms with Gasteiger partial charge in [-0.2, -0.15) is 0 Å². The van der Waals surface area contributed by atoms with E-state index in [0.717, 1.165) is 30.7 Å². The fourth-order valence-electron chi connectivity index (χ4n) is 2.59. The third kappa shape index (κ3) is 3.15. The van der Waals surface area contributed by atoms with E-state index in [0.29, 0.717) is 11.1 Å². The molecule has 4 nitrogen and oxygen atoms in total. The Balaban J connectivity index is 2.18. The summed E-state index contributed by atoms with van der Waals surface area (Å²) in [6, 6.07) is 0. The normalized spacial score (nSPS) is 21.2. The third-order valence-electron chi connectivity index (χ3n) is 4.08. The van der Waals surface area contributed by atoms with E-state index in [1.165, 1.54) is 11.3 Å². The maximum absolute atomic E-state index is 10.7. The van der Waals surface area contributed by atoms with Gasteiger partial charge < -0.3 is 9.84 Å². The zero-order valence-corrected chi connectivity index (χ0v) is 12.5. The first-order chi connectivity index (χ1) is 8.87. The predicted molar refractivity (Wildman–Crippen MR) is 74.4 cm³/mol. The molecule has 1 aliphatic rings. The van der Waals surface area contributed by atoms with Crippen LogP contribution in [0, 0.1) is 5.41 Å². The molecule has 1 N–H and O–H groups in total. The molecule has 0 radical (unpaired) electrons. The van der Waals surface area contributed by atoms with Crippen LogP contribution in [0.15, 0.2) is 5.38 Å². The van der Waals surface area contributed by atoms with Crippen LogP contribution in [0.4, 0.5) is 0 Å². The minimum atomic E-state index is -0.840. The van der Waals surface area contributed by atoms with Gasteiger partial charge in [-0.3, -0.25) is 4.79 Å². The smallest absolute Gasteiger partial charge is 0.309 e. The summed E-state index contributed by atoms with van der Waals surface area (Å²) in [5.41, 5.74) is 0.689. The van der Waals surface area contributed by atoms with Crippen LogP contribution in [0.1, 0.15) is 50.2 Å². The fourth-order valence-corrected chi connectivity index (χ4v) is 3.64. The van der Waals surface area contributed by atoms with Crippen molar-refractivity contribution < 1.29 is 14.6 Å². The summed E-state index contributed by atoms with van der Waals surface area (Å²) in [5.74, 6) is -0.840. The number of aromatic nitrogens is 1. The number of methoxy groups -OCH3 is 1. The molecule has 0 saturated heterocycles. The lowest BCUT2D eigenvalue weighted by molar-refractivity contribution is -0.136. The van der Waals surface area contributed by atoms with Crippen LogP contribution < -0.4 is 0 Å². The number of ether oxygens (including phenoxy) is 1. The largest absolute Gasteiger partial charge is 0.481 e. The molecule has 1 aliphatic carbocycles. The number of carbonyl (C=O) groups is 1. The van der Waals surface area contributed by atoms with Crippen LogP contribution in [-0.2, 0) is 21.6 Å². The van der Waals surface area contributed by atoms with E-state index in [9.17, 15) is 4.79 Å². The Bertz CT molecular complexity index is 457. The van der Waals surface area contributed by atoms with E-state index in [4.69, 9.17) is 9.84 Å². The Morgan fingerprint density at radius 2 is 2.05 bits per heavy atom. The second-order valence-electron chi connectivity index (χ2n) is 6.08. The van der Waals surface area contributed by atoms with Crippen molar-refractivity contribution in [2.24, 2.45) is 5.41 Å². The first-order valence-electron chi connectivity index (χ1n) is 6.59. The van der Waals surface area contributed by atoms with Gasteiger partial charge in [0.1, 0.15) is 10.6 Å². The van der Waals surface area contributed by atoms with Crippen molar-refractivity contribution in [3.8, 4) is 0 Å². The van der Waals surface area contributed by atoms with Gasteiger partial charge in [-0.05, 0) is 31.1 Å². The number of hydrogen-bond acceptors (Lipinski definition) is 4. The Hall–Kier alpha value is -0.940. The Kier molecular flexibility index (Phi) is 3.97. The van der Waals surface area contributed by atoms with Crippen LogP contribution in [0.25, 0.3) is 0 Å². The highest BCUT2D eigenvalue weighted by atomic mass is 32.1. The van der Waals surface area contributed by atoms with Crippen LogP contribution >= 0.6 is 11.3 Å². The molecule has 0 atom stereocenters. The van der Waals surface area contributed by atoms with E-state index in [-0.39, 0.29) is 12.0 Å². The van der Waals surface area contributed by atoms with Crippen LogP contribution in [0.3, 0.4) is 0 Å². The van der Waals surface area contributed by atoms with E-state index in [1.807, 2.05) is 5.38 Å². The maximum Gasteiger partial charge on any atom is 0.309 e. The van der Waals surface area contributed by atoms with Crippen molar-refractivity contribution in [1.82, 2.24) is 4.98 Å². The molecular weight excluding hydrogens is 262 g/mol. The molecule has 0 amide bonds. The molecule has 1 saturated carbocycles. The minimum absolute atomic E-state index is 0.0121. The van der Waals surface area contributed by atoms with Crippen LogP contribution in [-0.4, -0.2) is 23.2 Å². The highest BCUT2D eigenvalue weighted by Gasteiger charge is 2.41. The second-order valence-corrected chi connectivity index (χ2v) is 6.94. The van der Waals surface area contributed by atoms with E-state index in [1.54, 1.807) is 7.11 Å². The summed E-state index contributed by atoms with van der Waals surface area (Å²) < 4.78 is 5.78. The fraction of sp³-hybridized carbons (Fsp3) is 0.714. The quantitative estimate of drug-likeness (QED) is 0.921. The predicted octanol–water partition coefficient (Wildman–Crippen LogP) is 3.21. The van der Waals surface area contributed by atoms with E-state index < -0.39 is 5.97 Å². The van der Waals surface area contributed by atoms with Gasteiger partial charge in [-0.15, -0.1) is 11.3 Å². The number of aliphatic carboxylic acids is 1. The van der Waals surface area contributed by atoms with Gasteiger partial charge >= 0.3 is 5.97 Å². The summed E-state index contributed by atoms with van der Waals surface area (Å²) >= 11 is 1.52. The zero-order valence-electron chi connectivity index (χ0n) is 11.7. The molecule has 1 aromatic heterocycles. The average Bonchev–Trinajstić information content (AvgIpc) is 2.78. The van der Waals surface area contributed by atoms with Gasteiger partial charge in [0, 0.05) is 12.5 Å². The Morgan fingerprint density at radius 3 is 2.58 bits per heavy atom. The van der Waals surface area contributed by atoms with Crippen molar-refractivity contribution in [2.75, 3.05) is 7.11 Å². The van der Waals surface area contributed by atoms with Gasteiger partial charge in [0.05, 0.1) is 12.1 Å². The summed E-state index contributed by atoms with van der Waals surface area (Å²) in [7, 11) is 1.73. The molecule has 0 bridgehead atoms. The van der Waals surface area contributed by atoms with Gasteiger partial charge in [-0.25, -0.2) is 4.98 Å². The second kappa shape index (κ2) is 5.21. The molecule has 0 spiro atoms. The lowest BCUT2D eigenvalue weighted by atomic mass is 9.71. The molecule has 0 unspecified atom stereocenters. The number of carboxylic acids is 1. The molecule has 1 aromatic rings. The number of carboxylic acid groups (broad SMARTS) is 1.